The summed E-state index contributed by atoms with van der Waals surface area (Å²) in [7, 11) is -3.55. The minimum atomic E-state index is -3.55. The third-order valence-electron chi connectivity index (χ3n) is 3.08. The molecule has 1 aromatic rings. The lowest BCUT2D eigenvalue weighted by atomic mass is 10.2. The topological polar surface area (TPSA) is 63.4 Å². The Hall–Kier alpha value is -0.330. The Bertz CT molecular complexity index is 551. The van der Waals surface area contributed by atoms with E-state index in [4.69, 9.17) is 28.9 Å². The molecule has 18 heavy (non-hydrogen) atoms. The van der Waals surface area contributed by atoms with Crippen molar-refractivity contribution in [3.63, 3.8) is 0 Å². The van der Waals surface area contributed by atoms with Crippen LogP contribution in [0.1, 0.15) is 12.0 Å². The van der Waals surface area contributed by atoms with E-state index in [0.717, 1.165) is 0 Å². The van der Waals surface area contributed by atoms with Crippen LogP contribution in [0.3, 0.4) is 0 Å². The molecule has 1 aliphatic heterocycles. The second-order valence-corrected chi connectivity index (χ2v) is 7.18. The van der Waals surface area contributed by atoms with Gasteiger partial charge in [0.25, 0.3) is 0 Å². The van der Waals surface area contributed by atoms with Crippen molar-refractivity contribution in [3.8, 4) is 0 Å². The average Bonchev–Trinajstić information content (AvgIpc) is 2.72. The maximum absolute atomic E-state index is 12.3. The van der Waals surface area contributed by atoms with Crippen LogP contribution in [-0.2, 0) is 10.0 Å². The predicted molar refractivity (Wildman–Crippen MR) is 72.6 cm³/mol. The molecule has 2 rings (SSSR count). The van der Waals surface area contributed by atoms with E-state index in [2.05, 4.69) is 0 Å². The van der Waals surface area contributed by atoms with Crippen LogP contribution >= 0.6 is 23.2 Å². The number of nitrogens with zero attached hydrogens (tertiary/aromatic N) is 1. The molecule has 0 aromatic heterocycles. The summed E-state index contributed by atoms with van der Waals surface area (Å²) in [5.74, 6) is 0. The monoisotopic (exact) mass is 308 g/mol. The fourth-order valence-electron chi connectivity index (χ4n) is 1.89. The molecular formula is C11H14Cl2N2O2S. The van der Waals surface area contributed by atoms with Crippen LogP contribution in [-0.4, -0.2) is 31.9 Å². The van der Waals surface area contributed by atoms with E-state index in [1.165, 1.54) is 16.4 Å². The molecule has 2 N–H and O–H groups in total. The van der Waals surface area contributed by atoms with Crippen LogP contribution in [0.5, 0.6) is 0 Å². The van der Waals surface area contributed by atoms with Crippen molar-refractivity contribution in [2.45, 2.75) is 24.3 Å². The first-order valence-corrected chi connectivity index (χ1v) is 7.73. The molecule has 1 aromatic carbocycles. The van der Waals surface area contributed by atoms with Gasteiger partial charge in [-0.1, -0.05) is 23.2 Å². The number of rotatable bonds is 2. The van der Waals surface area contributed by atoms with Gasteiger partial charge in [0.2, 0.25) is 10.0 Å². The zero-order valence-corrected chi connectivity index (χ0v) is 12.2. The van der Waals surface area contributed by atoms with E-state index in [-0.39, 0.29) is 10.9 Å². The van der Waals surface area contributed by atoms with Gasteiger partial charge in [-0.05, 0) is 31.0 Å². The van der Waals surface area contributed by atoms with Gasteiger partial charge in [0, 0.05) is 29.2 Å². The Labute approximate surface area is 117 Å². The lowest BCUT2D eigenvalue weighted by molar-refractivity contribution is 0.472. The molecule has 0 unspecified atom stereocenters. The standard InChI is InChI=1S/C11H14Cl2N2O2S/c1-7-10(12)4-9(5-11(7)13)18(16,17)15-3-2-8(14)6-15/h4-5,8H,2-3,6,14H2,1H3/t8-/m1/s1. The Kier molecular flexibility index (Phi) is 3.90. The highest BCUT2D eigenvalue weighted by Gasteiger charge is 2.31. The number of hydrogen-bond donors (Lipinski definition) is 1. The molecule has 0 amide bonds. The minimum Gasteiger partial charge on any atom is -0.326 e. The maximum Gasteiger partial charge on any atom is 0.243 e. The molecule has 1 aliphatic rings. The fraction of sp³-hybridized carbons (Fsp3) is 0.455. The van der Waals surface area contributed by atoms with Crippen molar-refractivity contribution in [2.24, 2.45) is 5.73 Å². The molecule has 0 spiro atoms. The number of sulfonamides is 1. The molecule has 1 saturated heterocycles. The highest BCUT2D eigenvalue weighted by Crippen LogP contribution is 2.30. The Morgan fingerprint density at radius 3 is 2.33 bits per heavy atom. The van der Waals surface area contributed by atoms with Crippen molar-refractivity contribution < 1.29 is 8.42 Å². The van der Waals surface area contributed by atoms with Crippen molar-refractivity contribution in [2.75, 3.05) is 13.1 Å². The van der Waals surface area contributed by atoms with Crippen LogP contribution in [0, 0.1) is 6.92 Å². The number of halogens is 2. The molecule has 0 aliphatic carbocycles. The van der Waals surface area contributed by atoms with Crippen LogP contribution in [0.4, 0.5) is 0 Å². The van der Waals surface area contributed by atoms with Gasteiger partial charge in [-0.3, -0.25) is 0 Å². The first kappa shape index (κ1) is 14.1. The van der Waals surface area contributed by atoms with Crippen LogP contribution in [0.25, 0.3) is 0 Å². The van der Waals surface area contributed by atoms with Crippen molar-refractivity contribution in [3.05, 3.63) is 27.7 Å². The van der Waals surface area contributed by atoms with Gasteiger partial charge in [0.15, 0.2) is 0 Å². The van der Waals surface area contributed by atoms with E-state index in [1.807, 2.05) is 0 Å². The zero-order valence-electron chi connectivity index (χ0n) is 9.86. The van der Waals surface area contributed by atoms with Crippen LogP contribution in [0.15, 0.2) is 17.0 Å². The second-order valence-electron chi connectivity index (χ2n) is 4.42. The molecule has 7 heteroatoms. The average molecular weight is 309 g/mol. The molecule has 100 valence electrons. The van der Waals surface area contributed by atoms with Crippen LogP contribution in [0.2, 0.25) is 10.0 Å². The molecule has 1 fully saturated rings. The van der Waals surface area contributed by atoms with Gasteiger partial charge in [0.05, 0.1) is 4.90 Å². The number of benzene rings is 1. The summed E-state index contributed by atoms with van der Waals surface area (Å²) in [5.41, 5.74) is 6.40. The number of nitrogens with two attached hydrogens (primary N) is 1. The van der Waals surface area contributed by atoms with E-state index < -0.39 is 10.0 Å². The fourth-order valence-corrected chi connectivity index (χ4v) is 4.07. The van der Waals surface area contributed by atoms with E-state index in [1.54, 1.807) is 6.92 Å². The van der Waals surface area contributed by atoms with Gasteiger partial charge in [-0.2, -0.15) is 4.31 Å². The summed E-state index contributed by atoms with van der Waals surface area (Å²) < 4.78 is 26.1. The summed E-state index contributed by atoms with van der Waals surface area (Å²) in [5, 5.41) is 0.703. The highest BCUT2D eigenvalue weighted by molar-refractivity contribution is 7.89. The zero-order chi connectivity index (χ0) is 13.5. The second kappa shape index (κ2) is 4.98. The summed E-state index contributed by atoms with van der Waals surface area (Å²) in [6.07, 6.45) is 0.673. The smallest absolute Gasteiger partial charge is 0.243 e. The molecule has 0 saturated carbocycles. The van der Waals surface area contributed by atoms with Gasteiger partial charge in [0.1, 0.15) is 0 Å². The molecule has 1 atom stereocenters. The minimum absolute atomic E-state index is 0.101. The quantitative estimate of drug-likeness (QED) is 0.909. The predicted octanol–water partition coefficient (Wildman–Crippen LogP) is 2.02. The third-order valence-corrected chi connectivity index (χ3v) is 5.71. The first-order chi connectivity index (χ1) is 8.32. The summed E-state index contributed by atoms with van der Waals surface area (Å²) >= 11 is 11.9. The summed E-state index contributed by atoms with van der Waals surface area (Å²) in [6, 6.07) is 2.76. The van der Waals surface area contributed by atoms with E-state index in [9.17, 15) is 8.42 Å². The SMILES string of the molecule is Cc1c(Cl)cc(S(=O)(=O)N2CC[C@@H](N)C2)cc1Cl. The van der Waals surface area contributed by atoms with E-state index in [0.29, 0.717) is 35.1 Å². The molecule has 0 radical (unpaired) electrons. The molecular weight excluding hydrogens is 295 g/mol. The normalized spacial score (nSPS) is 21.4. The lowest BCUT2D eigenvalue weighted by Gasteiger charge is -2.17. The van der Waals surface area contributed by atoms with Crippen molar-refractivity contribution >= 4 is 33.2 Å². The largest absolute Gasteiger partial charge is 0.326 e. The van der Waals surface area contributed by atoms with Crippen LogP contribution < -0.4 is 5.73 Å². The Morgan fingerprint density at radius 2 is 1.89 bits per heavy atom. The molecule has 0 bridgehead atoms. The van der Waals surface area contributed by atoms with Gasteiger partial charge in [-0.15, -0.1) is 0 Å². The lowest BCUT2D eigenvalue weighted by Crippen LogP contribution is -2.32. The van der Waals surface area contributed by atoms with Gasteiger partial charge in [-0.25, -0.2) is 8.42 Å². The molecule has 1 heterocycles. The van der Waals surface area contributed by atoms with Crippen molar-refractivity contribution in [1.29, 1.82) is 0 Å². The summed E-state index contributed by atoms with van der Waals surface area (Å²) in [4.78, 5) is 0.122. The highest BCUT2D eigenvalue weighted by atomic mass is 35.5. The maximum atomic E-state index is 12.3. The first-order valence-electron chi connectivity index (χ1n) is 5.53. The Balaban J connectivity index is 2.42. The van der Waals surface area contributed by atoms with Gasteiger partial charge >= 0.3 is 0 Å². The summed E-state index contributed by atoms with van der Waals surface area (Å²) in [6.45, 7) is 2.52. The molecule has 4 nitrogen and oxygen atoms in total. The Morgan fingerprint density at radius 1 is 1.33 bits per heavy atom. The third kappa shape index (κ3) is 2.51. The number of hydrogen-bond acceptors (Lipinski definition) is 3. The van der Waals surface area contributed by atoms with E-state index >= 15 is 0 Å². The van der Waals surface area contributed by atoms with Gasteiger partial charge < -0.3 is 5.73 Å². The van der Waals surface area contributed by atoms with Crippen molar-refractivity contribution in [1.82, 2.24) is 4.31 Å².